The molecular weight excluding hydrogens is 354 g/mol. The monoisotopic (exact) mass is 383 g/mol. The summed E-state index contributed by atoms with van der Waals surface area (Å²) in [6.45, 7) is 8.99. The second-order valence-electron chi connectivity index (χ2n) is 8.60. The first-order valence-electron chi connectivity index (χ1n) is 10.2. The number of carbonyl (C=O) groups excluding carboxylic acids is 1. The number of hydrogen-bond donors (Lipinski definition) is 0. The Kier molecular flexibility index (Phi) is 5.23. The van der Waals surface area contributed by atoms with Crippen molar-refractivity contribution in [1.82, 2.24) is 15.1 Å². The van der Waals surface area contributed by atoms with Crippen LogP contribution in [0, 0.1) is 12.3 Å². The Labute approximate surface area is 166 Å². The van der Waals surface area contributed by atoms with E-state index in [-0.39, 0.29) is 23.2 Å². The first-order valence-corrected chi connectivity index (χ1v) is 10.2. The minimum Gasteiger partial charge on any atom is -0.425 e. The number of carbonyl (C=O) groups is 1. The highest BCUT2D eigenvalue weighted by Crippen LogP contribution is 2.49. The molecule has 2 aliphatic heterocycles. The molecule has 1 aromatic heterocycles. The zero-order valence-electron chi connectivity index (χ0n) is 17.0. The second kappa shape index (κ2) is 7.66. The molecule has 28 heavy (non-hydrogen) atoms. The largest absolute Gasteiger partial charge is 0.425 e. The van der Waals surface area contributed by atoms with Gasteiger partial charge in [-0.25, -0.2) is 0 Å². The molecule has 2 aliphatic rings. The highest BCUT2D eigenvalue weighted by Gasteiger charge is 2.51. The summed E-state index contributed by atoms with van der Waals surface area (Å²) in [5, 5.41) is 8.59. The number of likely N-dealkylation sites (tertiary alicyclic amines) is 1. The van der Waals surface area contributed by atoms with Crippen LogP contribution in [-0.4, -0.2) is 47.3 Å². The van der Waals surface area contributed by atoms with E-state index in [1.165, 1.54) is 5.56 Å². The van der Waals surface area contributed by atoms with Gasteiger partial charge in [0.15, 0.2) is 0 Å². The molecule has 4 rings (SSSR count). The van der Waals surface area contributed by atoms with E-state index in [1.54, 1.807) is 0 Å². The predicted molar refractivity (Wildman–Crippen MR) is 105 cm³/mol. The molecule has 0 bridgehead atoms. The minimum atomic E-state index is -0.0258. The van der Waals surface area contributed by atoms with Gasteiger partial charge < -0.3 is 14.1 Å². The van der Waals surface area contributed by atoms with Gasteiger partial charge in [-0.3, -0.25) is 4.79 Å². The summed E-state index contributed by atoms with van der Waals surface area (Å²) in [6, 6.07) is 8.19. The van der Waals surface area contributed by atoms with Crippen molar-refractivity contribution < 1.29 is 13.9 Å². The minimum absolute atomic E-state index is 0.0258. The van der Waals surface area contributed by atoms with Crippen molar-refractivity contribution >= 4 is 5.91 Å². The third kappa shape index (κ3) is 3.70. The lowest BCUT2D eigenvalue weighted by Crippen LogP contribution is -2.37. The Morgan fingerprint density at radius 3 is 2.57 bits per heavy atom. The Morgan fingerprint density at radius 2 is 1.93 bits per heavy atom. The van der Waals surface area contributed by atoms with Crippen molar-refractivity contribution in [2.45, 2.75) is 51.9 Å². The molecule has 1 aromatic carbocycles. The van der Waals surface area contributed by atoms with Gasteiger partial charge in [-0.05, 0) is 25.3 Å². The number of amides is 1. The molecule has 2 saturated heterocycles. The van der Waals surface area contributed by atoms with E-state index in [0.29, 0.717) is 24.7 Å². The topological polar surface area (TPSA) is 68.5 Å². The normalized spacial score (nSPS) is 21.6. The van der Waals surface area contributed by atoms with Crippen LogP contribution < -0.4 is 0 Å². The van der Waals surface area contributed by atoms with E-state index in [1.807, 2.05) is 30.9 Å². The van der Waals surface area contributed by atoms with Gasteiger partial charge in [0.2, 0.25) is 17.7 Å². The van der Waals surface area contributed by atoms with Gasteiger partial charge in [-0.15, -0.1) is 10.2 Å². The lowest BCUT2D eigenvalue weighted by Gasteiger charge is -2.36. The van der Waals surface area contributed by atoms with Gasteiger partial charge in [0, 0.05) is 37.6 Å². The number of nitrogens with zero attached hydrogens (tertiary/aromatic N) is 3. The molecule has 2 fully saturated rings. The van der Waals surface area contributed by atoms with Crippen LogP contribution in [0.5, 0.6) is 0 Å². The second-order valence-corrected chi connectivity index (χ2v) is 8.60. The van der Waals surface area contributed by atoms with Crippen LogP contribution in [0.4, 0.5) is 0 Å². The zero-order chi connectivity index (χ0) is 19.7. The summed E-state index contributed by atoms with van der Waals surface area (Å²) in [4.78, 5) is 15.0. The third-order valence-electron chi connectivity index (χ3n) is 6.21. The van der Waals surface area contributed by atoms with Crippen LogP contribution in [0.3, 0.4) is 0 Å². The van der Waals surface area contributed by atoms with Gasteiger partial charge in [0.25, 0.3) is 0 Å². The van der Waals surface area contributed by atoms with Crippen LogP contribution >= 0.6 is 0 Å². The summed E-state index contributed by atoms with van der Waals surface area (Å²) >= 11 is 0. The van der Waals surface area contributed by atoms with E-state index in [0.717, 1.165) is 38.2 Å². The third-order valence-corrected chi connectivity index (χ3v) is 6.21. The van der Waals surface area contributed by atoms with Crippen molar-refractivity contribution in [3.05, 3.63) is 47.2 Å². The number of benzene rings is 1. The standard InChI is InChI=1S/C22H29N3O3/c1-15(2)20-23-24-21(28-20)18-13-25(14-22(18)8-10-27-11-9-22)19(26)12-17-6-4-16(3)5-7-17/h4-7,15,18H,8-14H2,1-3H3. The molecule has 1 atom stereocenters. The fourth-order valence-electron chi connectivity index (χ4n) is 4.40. The molecule has 0 N–H and O–H groups in total. The van der Waals surface area contributed by atoms with Crippen LogP contribution in [0.2, 0.25) is 0 Å². The fraction of sp³-hybridized carbons (Fsp3) is 0.591. The summed E-state index contributed by atoms with van der Waals surface area (Å²) < 4.78 is 11.6. The van der Waals surface area contributed by atoms with Gasteiger partial charge in [0.1, 0.15) is 0 Å². The molecule has 0 saturated carbocycles. The van der Waals surface area contributed by atoms with Crippen molar-refractivity contribution in [3.63, 3.8) is 0 Å². The van der Waals surface area contributed by atoms with Gasteiger partial charge in [0.05, 0.1) is 12.3 Å². The Bertz CT molecular complexity index is 822. The highest BCUT2D eigenvalue weighted by molar-refractivity contribution is 5.79. The van der Waals surface area contributed by atoms with Gasteiger partial charge >= 0.3 is 0 Å². The highest BCUT2D eigenvalue weighted by atomic mass is 16.5. The van der Waals surface area contributed by atoms with E-state index < -0.39 is 0 Å². The van der Waals surface area contributed by atoms with Gasteiger partial charge in [-0.1, -0.05) is 43.7 Å². The predicted octanol–water partition coefficient (Wildman–Crippen LogP) is 3.47. The smallest absolute Gasteiger partial charge is 0.227 e. The fourth-order valence-corrected chi connectivity index (χ4v) is 4.40. The van der Waals surface area contributed by atoms with Gasteiger partial charge in [-0.2, -0.15) is 0 Å². The molecule has 1 unspecified atom stereocenters. The van der Waals surface area contributed by atoms with Crippen molar-refractivity contribution in [2.24, 2.45) is 5.41 Å². The molecular formula is C22H29N3O3. The maximum absolute atomic E-state index is 13.0. The SMILES string of the molecule is Cc1ccc(CC(=O)N2CC(c3nnc(C(C)C)o3)C3(CCOCC3)C2)cc1. The maximum Gasteiger partial charge on any atom is 0.227 e. The average molecular weight is 383 g/mol. The first-order chi connectivity index (χ1) is 13.5. The van der Waals surface area contributed by atoms with Crippen LogP contribution in [0.15, 0.2) is 28.7 Å². The van der Waals surface area contributed by atoms with Crippen molar-refractivity contribution in [2.75, 3.05) is 26.3 Å². The first kappa shape index (κ1) is 19.1. The number of aryl methyl sites for hydroxylation is 1. The van der Waals surface area contributed by atoms with E-state index >= 15 is 0 Å². The molecule has 0 radical (unpaired) electrons. The summed E-state index contributed by atoms with van der Waals surface area (Å²) in [5.41, 5.74) is 2.23. The molecule has 1 spiro atoms. The summed E-state index contributed by atoms with van der Waals surface area (Å²) in [7, 11) is 0. The number of rotatable bonds is 4. The summed E-state index contributed by atoms with van der Waals surface area (Å²) in [6.07, 6.45) is 2.28. The number of hydrogen-bond acceptors (Lipinski definition) is 5. The molecule has 150 valence electrons. The molecule has 1 amide bonds. The maximum atomic E-state index is 13.0. The number of aromatic nitrogens is 2. The van der Waals surface area contributed by atoms with Crippen molar-refractivity contribution in [1.29, 1.82) is 0 Å². The summed E-state index contributed by atoms with van der Waals surface area (Å²) in [5.74, 6) is 1.80. The molecule has 6 heteroatoms. The molecule has 2 aromatic rings. The van der Waals surface area contributed by atoms with E-state index in [9.17, 15) is 4.79 Å². The van der Waals surface area contributed by atoms with E-state index in [4.69, 9.17) is 9.15 Å². The zero-order valence-corrected chi connectivity index (χ0v) is 17.0. The Morgan fingerprint density at radius 1 is 1.21 bits per heavy atom. The lowest BCUT2D eigenvalue weighted by atomic mass is 9.72. The molecule has 0 aliphatic carbocycles. The number of ether oxygens (including phenoxy) is 1. The van der Waals surface area contributed by atoms with Crippen LogP contribution in [-0.2, 0) is 16.0 Å². The van der Waals surface area contributed by atoms with Crippen LogP contribution in [0.25, 0.3) is 0 Å². The average Bonchev–Trinajstić information content (AvgIpc) is 3.30. The Hall–Kier alpha value is -2.21. The molecule has 3 heterocycles. The molecule has 6 nitrogen and oxygen atoms in total. The quantitative estimate of drug-likeness (QED) is 0.809. The van der Waals surface area contributed by atoms with E-state index in [2.05, 4.69) is 29.3 Å². The van der Waals surface area contributed by atoms with Crippen molar-refractivity contribution in [3.8, 4) is 0 Å². The lowest BCUT2D eigenvalue weighted by molar-refractivity contribution is -0.130. The van der Waals surface area contributed by atoms with Crippen LogP contribution in [0.1, 0.15) is 61.4 Å². The Balaban J connectivity index is 1.55.